The number of hydrogen-bond donors (Lipinski definition) is 2. The van der Waals surface area contributed by atoms with Crippen molar-refractivity contribution in [2.75, 3.05) is 6.61 Å². The normalized spacial score (nSPS) is 30.4. The average Bonchev–Trinajstić information content (AvgIpc) is 2.84. The summed E-state index contributed by atoms with van der Waals surface area (Å²) >= 11 is 0. The number of fused-ring (bicyclic) bond motifs is 1. The highest BCUT2D eigenvalue weighted by Crippen LogP contribution is 2.35. The highest BCUT2D eigenvalue weighted by atomic mass is 16.8. The SMILES string of the molecule is O[C@@H]1[C@@H](Oc2ccc(-c3ccccc3)cc2)O[C@@H]2COC(c3ccccc3)O[C@H]2[C@@H]1O. The van der Waals surface area contributed by atoms with Gasteiger partial charge in [-0.05, 0) is 23.3 Å². The van der Waals surface area contributed by atoms with E-state index >= 15 is 0 Å². The van der Waals surface area contributed by atoms with Crippen molar-refractivity contribution in [3.63, 3.8) is 0 Å². The molecular formula is C25H24O6. The molecule has 31 heavy (non-hydrogen) atoms. The largest absolute Gasteiger partial charge is 0.462 e. The molecule has 2 heterocycles. The lowest BCUT2D eigenvalue weighted by Gasteiger charge is -2.46. The van der Waals surface area contributed by atoms with Gasteiger partial charge < -0.3 is 29.2 Å². The monoisotopic (exact) mass is 420 g/mol. The molecule has 0 saturated carbocycles. The minimum absolute atomic E-state index is 0.223. The van der Waals surface area contributed by atoms with Crippen LogP contribution in [0.3, 0.4) is 0 Å². The van der Waals surface area contributed by atoms with Crippen molar-refractivity contribution in [1.29, 1.82) is 0 Å². The van der Waals surface area contributed by atoms with E-state index in [1.807, 2.05) is 84.9 Å². The Hall–Kier alpha value is -2.74. The summed E-state index contributed by atoms with van der Waals surface area (Å²) in [4.78, 5) is 0. The Balaban J connectivity index is 1.25. The van der Waals surface area contributed by atoms with E-state index in [2.05, 4.69) is 0 Å². The molecule has 2 fully saturated rings. The van der Waals surface area contributed by atoms with E-state index in [1.54, 1.807) is 0 Å². The van der Waals surface area contributed by atoms with E-state index < -0.39 is 37.0 Å². The summed E-state index contributed by atoms with van der Waals surface area (Å²) < 4.78 is 23.4. The zero-order valence-corrected chi connectivity index (χ0v) is 16.8. The van der Waals surface area contributed by atoms with Crippen LogP contribution in [-0.2, 0) is 14.2 Å². The predicted octanol–water partition coefficient (Wildman–Crippen LogP) is 3.29. The Kier molecular flexibility index (Phi) is 5.72. The van der Waals surface area contributed by atoms with E-state index in [0.717, 1.165) is 16.7 Å². The topological polar surface area (TPSA) is 77.4 Å². The minimum atomic E-state index is -1.26. The Bertz CT molecular complexity index is 976. The fraction of sp³-hybridized carbons (Fsp3) is 0.280. The first-order chi connectivity index (χ1) is 15.2. The molecule has 2 aliphatic rings. The molecule has 0 aliphatic carbocycles. The van der Waals surface area contributed by atoms with Gasteiger partial charge in [0, 0.05) is 5.56 Å². The van der Waals surface area contributed by atoms with Crippen LogP contribution in [0.5, 0.6) is 5.75 Å². The zero-order valence-electron chi connectivity index (χ0n) is 16.8. The van der Waals surface area contributed by atoms with Crippen LogP contribution in [0.1, 0.15) is 11.9 Å². The van der Waals surface area contributed by atoms with E-state index in [1.165, 1.54) is 0 Å². The van der Waals surface area contributed by atoms with Crippen LogP contribution in [-0.4, -0.2) is 47.5 Å². The van der Waals surface area contributed by atoms with Gasteiger partial charge in [-0.25, -0.2) is 0 Å². The molecular weight excluding hydrogens is 396 g/mol. The molecule has 3 aromatic carbocycles. The molecule has 1 unspecified atom stereocenters. The molecule has 2 N–H and O–H groups in total. The summed E-state index contributed by atoms with van der Waals surface area (Å²) in [5.74, 6) is 0.536. The fourth-order valence-electron chi connectivity index (χ4n) is 3.95. The van der Waals surface area contributed by atoms with Crippen LogP contribution in [0, 0.1) is 0 Å². The van der Waals surface area contributed by atoms with E-state index in [0.29, 0.717) is 5.75 Å². The molecule has 0 amide bonds. The van der Waals surface area contributed by atoms with Crippen LogP contribution >= 0.6 is 0 Å². The number of ether oxygens (including phenoxy) is 4. The zero-order chi connectivity index (χ0) is 21.2. The highest BCUT2D eigenvalue weighted by Gasteiger charge is 2.49. The van der Waals surface area contributed by atoms with Crippen LogP contribution < -0.4 is 4.74 Å². The van der Waals surface area contributed by atoms with E-state index in [-0.39, 0.29) is 6.61 Å². The molecule has 6 nitrogen and oxygen atoms in total. The van der Waals surface area contributed by atoms with Crippen molar-refractivity contribution in [3.8, 4) is 16.9 Å². The van der Waals surface area contributed by atoms with E-state index in [4.69, 9.17) is 18.9 Å². The van der Waals surface area contributed by atoms with Gasteiger partial charge in [0.1, 0.15) is 30.2 Å². The molecule has 6 heteroatoms. The van der Waals surface area contributed by atoms with Gasteiger partial charge in [-0.15, -0.1) is 0 Å². The third kappa shape index (κ3) is 4.21. The maximum Gasteiger partial charge on any atom is 0.229 e. The highest BCUT2D eigenvalue weighted by molar-refractivity contribution is 5.63. The molecule has 0 radical (unpaired) electrons. The molecule has 3 aromatic rings. The molecule has 6 atom stereocenters. The Morgan fingerprint density at radius 3 is 2.06 bits per heavy atom. The van der Waals surface area contributed by atoms with Crippen molar-refractivity contribution in [1.82, 2.24) is 0 Å². The van der Waals surface area contributed by atoms with Gasteiger partial charge in [0.2, 0.25) is 6.29 Å². The van der Waals surface area contributed by atoms with Crippen molar-refractivity contribution >= 4 is 0 Å². The summed E-state index contributed by atoms with van der Waals surface area (Å²) in [6.07, 6.45) is -5.33. The van der Waals surface area contributed by atoms with Crippen molar-refractivity contribution < 1.29 is 29.2 Å². The summed E-state index contributed by atoms with van der Waals surface area (Å²) in [6.45, 7) is 0.223. The van der Waals surface area contributed by atoms with Gasteiger partial charge in [0.15, 0.2) is 6.29 Å². The third-order valence-electron chi connectivity index (χ3n) is 5.62. The predicted molar refractivity (Wildman–Crippen MR) is 113 cm³/mol. The maximum absolute atomic E-state index is 10.7. The quantitative estimate of drug-likeness (QED) is 0.675. The first-order valence-electron chi connectivity index (χ1n) is 10.3. The lowest BCUT2D eigenvalue weighted by atomic mass is 9.98. The standard InChI is InChI=1S/C25H24O6/c26-21-22(27)25(29-19-13-11-17(12-14-19)16-7-3-1-4-8-16)30-20-15-28-24(31-23(20)21)18-9-5-2-6-10-18/h1-14,20-27H,15H2/t20-,21-,22+,23-,24?,25+/m1/s1. The molecule has 0 spiro atoms. The van der Waals surface area contributed by atoms with Gasteiger partial charge in [-0.3, -0.25) is 0 Å². The second-order valence-electron chi connectivity index (χ2n) is 7.71. The molecule has 160 valence electrons. The first-order valence-corrected chi connectivity index (χ1v) is 10.3. The molecule has 2 aliphatic heterocycles. The van der Waals surface area contributed by atoms with E-state index in [9.17, 15) is 10.2 Å². The number of rotatable bonds is 4. The molecule has 0 bridgehead atoms. The fourth-order valence-corrected chi connectivity index (χ4v) is 3.95. The van der Waals surface area contributed by atoms with Crippen molar-refractivity contribution in [2.45, 2.75) is 37.0 Å². The number of aliphatic hydroxyl groups is 2. The van der Waals surface area contributed by atoms with Gasteiger partial charge in [-0.1, -0.05) is 72.8 Å². The molecule has 2 saturated heterocycles. The van der Waals surface area contributed by atoms with Crippen LogP contribution in [0.2, 0.25) is 0 Å². The van der Waals surface area contributed by atoms with Gasteiger partial charge in [0.25, 0.3) is 0 Å². The number of hydrogen-bond acceptors (Lipinski definition) is 6. The second kappa shape index (κ2) is 8.78. The lowest BCUT2D eigenvalue weighted by molar-refractivity contribution is -0.350. The van der Waals surface area contributed by atoms with Crippen LogP contribution in [0.25, 0.3) is 11.1 Å². The third-order valence-corrected chi connectivity index (χ3v) is 5.62. The smallest absolute Gasteiger partial charge is 0.229 e. The van der Waals surface area contributed by atoms with Crippen LogP contribution in [0.4, 0.5) is 0 Å². The Labute approximate surface area is 180 Å². The Morgan fingerprint density at radius 1 is 0.710 bits per heavy atom. The average molecular weight is 420 g/mol. The summed E-state index contributed by atoms with van der Waals surface area (Å²) in [5.41, 5.74) is 3.00. The molecule has 0 aromatic heterocycles. The second-order valence-corrected chi connectivity index (χ2v) is 7.71. The van der Waals surface area contributed by atoms with Crippen molar-refractivity contribution in [3.05, 3.63) is 90.5 Å². The van der Waals surface area contributed by atoms with Crippen molar-refractivity contribution in [2.24, 2.45) is 0 Å². The summed E-state index contributed by atoms with van der Waals surface area (Å²) in [5, 5.41) is 21.3. The minimum Gasteiger partial charge on any atom is -0.462 e. The first kappa shape index (κ1) is 20.2. The summed E-state index contributed by atoms with van der Waals surface area (Å²) in [6, 6.07) is 27.0. The van der Waals surface area contributed by atoms with Crippen LogP contribution in [0.15, 0.2) is 84.9 Å². The van der Waals surface area contributed by atoms with Gasteiger partial charge in [-0.2, -0.15) is 0 Å². The summed E-state index contributed by atoms with van der Waals surface area (Å²) in [7, 11) is 0. The lowest BCUT2D eigenvalue weighted by Crippen LogP contribution is -2.62. The maximum atomic E-state index is 10.7. The molecule has 5 rings (SSSR count). The van der Waals surface area contributed by atoms with Gasteiger partial charge in [0.05, 0.1) is 6.61 Å². The Morgan fingerprint density at radius 2 is 1.35 bits per heavy atom. The number of aliphatic hydroxyl groups excluding tert-OH is 2. The number of benzene rings is 3. The van der Waals surface area contributed by atoms with Gasteiger partial charge >= 0.3 is 0 Å².